The van der Waals surface area contributed by atoms with Crippen LogP contribution in [0.1, 0.15) is 0 Å². The summed E-state index contributed by atoms with van der Waals surface area (Å²) < 4.78 is 2.08. The molecule has 158 valence electrons. The molecule has 0 spiro atoms. The third kappa shape index (κ3) is 4.33. The monoisotopic (exact) mass is 523 g/mol. The first kappa shape index (κ1) is 20.6. The normalized spacial score (nSPS) is 10.9. The van der Waals surface area contributed by atoms with Crippen LogP contribution in [-0.4, -0.2) is 27.0 Å². The van der Waals surface area contributed by atoms with Gasteiger partial charge in [-0.2, -0.15) is 5.10 Å². The summed E-state index contributed by atoms with van der Waals surface area (Å²) in [4.78, 5) is 30.2. The molecule has 2 aromatic carbocycles. The van der Waals surface area contributed by atoms with E-state index < -0.39 is 11.8 Å². The van der Waals surface area contributed by atoms with Crippen LogP contribution in [0.5, 0.6) is 0 Å². The van der Waals surface area contributed by atoms with Crippen LogP contribution in [0.3, 0.4) is 0 Å². The Kier molecular flexibility index (Phi) is 5.56. The zero-order chi connectivity index (χ0) is 22.1. The number of anilines is 2. The molecule has 5 rings (SSSR count). The second-order valence-electron chi connectivity index (χ2n) is 6.76. The van der Waals surface area contributed by atoms with Gasteiger partial charge in [0.1, 0.15) is 5.01 Å². The molecule has 10 heteroatoms. The Morgan fingerprint density at radius 2 is 1.78 bits per heavy atom. The summed E-state index contributed by atoms with van der Waals surface area (Å²) in [7, 11) is 0. The van der Waals surface area contributed by atoms with Crippen LogP contribution >= 0.6 is 38.6 Å². The number of H-pyrrole nitrogens is 1. The fourth-order valence-electron chi connectivity index (χ4n) is 3.02. The van der Waals surface area contributed by atoms with Gasteiger partial charge in [-0.05, 0) is 53.9 Å². The Morgan fingerprint density at radius 1 is 0.969 bits per heavy atom. The minimum Gasteiger partial charge on any atom is -0.318 e. The smallest absolute Gasteiger partial charge is 0.315 e. The lowest BCUT2D eigenvalue weighted by Gasteiger charge is -2.05. The molecule has 3 aromatic heterocycles. The summed E-state index contributed by atoms with van der Waals surface area (Å²) in [6.45, 7) is 0. The SMILES string of the molecule is O=C(Nc1ccc(-c2nc3cc(Br)ccc3s2)cc1)C(=O)Nc1cc(-c2cccs2)[nH]n1. The van der Waals surface area contributed by atoms with E-state index in [9.17, 15) is 9.59 Å². The maximum atomic E-state index is 12.3. The average Bonchev–Trinajstić information content (AvgIpc) is 3.54. The first-order chi connectivity index (χ1) is 15.5. The molecule has 0 radical (unpaired) electrons. The van der Waals surface area contributed by atoms with Crippen molar-refractivity contribution in [3.8, 4) is 21.1 Å². The molecule has 5 aromatic rings. The van der Waals surface area contributed by atoms with E-state index in [0.29, 0.717) is 5.69 Å². The van der Waals surface area contributed by atoms with Gasteiger partial charge in [0.25, 0.3) is 0 Å². The Hall–Kier alpha value is -3.34. The fraction of sp³-hybridized carbons (Fsp3) is 0. The van der Waals surface area contributed by atoms with Crippen molar-refractivity contribution in [2.75, 3.05) is 10.6 Å². The largest absolute Gasteiger partial charge is 0.318 e. The maximum Gasteiger partial charge on any atom is 0.315 e. The number of hydrogen-bond donors (Lipinski definition) is 3. The number of nitrogens with zero attached hydrogens (tertiary/aromatic N) is 2. The molecule has 0 saturated carbocycles. The lowest BCUT2D eigenvalue weighted by atomic mass is 10.2. The van der Waals surface area contributed by atoms with Gasteiger partial charge in [-0.15, -0.1) is 22.7 Å². The van der Waals surface area contributed by atoms with E-state index in [0.717, 1.165) is 35.8 Å². The predicted molar refractivity (Wildman–Crippen MR) is 132 cm³/mol. The number of thiazole rings is 1. The summed E-state index contributed by atoms with van der Waals surface area (Å²) in [5.41, 5.74) is 3.14. The van der Waals surface area contributed by atoms with Gasteiger partial charge in [0.2, 0.25) is 0 Å². The van der Waals surface area contributed by atoms with E-state index in [-0.39, 0.29) is 5.82 Å². The molecule has 3 heterocycles. The highest BCUT2D eigenvalue weighted by Gasteiger charge is 2.16. The number of rotatable bonds is 4. The third-order valence-electron chi connectivity index (χ3n) is 4.55. The van der Waals surface area contributed by atoms with Crippen molar-refractivity contribution in [1.29, 1.82) is 0 Å². The highest BCUT2D eigenvalue weighted by molar-refractivity contribution is 9.10. The summed E-state index contributed by atoms with van der Waals surface area (Å²) >= 11 is 6.60. The molecule has 0 bridgehead atoms. The molecule has 3 N–H and O–H groups in total. The van der Waals surface area contributed by atoms with Gasteiger partial charge < -0.3 is 10.6 Å². The number of aromatic amines is 1. The number of benzene rings is 2. The van der Waals surface area contributed by atoms with Crippen molar-refractivity contribution in [3.05, 3.63) is 70.5 Å². The number of thiophene rings is 1. The molecular weight excluding hydrogens is 510 g/mol. The van der Waals surface area contributed by atoms with Gasteiger partial charge in [-0.25, -0.2) is 4.98 Å². The van der Waals surface area contributed by atoms with Crippen molar-refractivity contribution in [2.24, 2.45) is 0 Å². The van der Waals surface area contributed by atoms with Gasteiger partial charge in [0.15, 0.2) is 5.82 Å². The third-order valence-corrected chi connectivity index (χ3v) is 7.03. The standard InChI is InChI=1S/C22H14BrN5O2S2/c23-13-5-8-18-15(10-13)25-22(32-18)12-3-6-14(7-4-12)24-20(29)21(30)26-19-11-16(27-28-19)17-2-1-9-31-17/h1-11H,(H,24,29)(H2,26,27,28,30). The topological polar surface area (TPSA) is 99.8 Å². The summed E-state index contributed by atoms with van der Waals surface area (Å²) in [6, 6.07) is 18.7. The number of carbonyl (C=O) groups excluding carboxylic acids is 2. The summed E-state index contributed by atoms with van der Waals surface area (Å²) in [5.74, 6) is -1.29. The first-order valence-corrected chi connectivity index (χ1v) is 11.9. The van der Waals surface area contributed by atoms with Crippen LogP contribution in [0.4, 0.5) is 11.5 Å². The minimum absolute atomic E-state index is 0.284. The average molecular weight is 524 g/mol. The molecule has 0 aliphatic heterocycles. The predicted octanol–water partition coefficient (Wildman–Crippen LogP) is 5.75. The Balaban J connectivity index is 1.23. The maximum absolute atomic E-state index is 12.3. The zero-order valence-corrected chi connectivity index (χ0v) is 19.5. The van der Waals surface area contributed by atoms with Crippen molar-refractivity contribution in [1.82, 2.24) is 15.2 Å². The Labute approximate surface area is 198 Å². The van der Waals surface area contributed by atoms with Gasteiger partial charge in [0, 0.05) is 21.8 Å². The minimum atomic E-state index is -0.796. The Morgan fingerprint density at radius 3 is 2.56 bits per heavy atom. The molecule has 0 aliphatic rings. The van der Waals surface area contributed by atoms with Crippen LogP contribution in [0.15, 0.2) is 70.5 Å². The quantitative estimate of drug-likeness (QED) is 0.261. The van der Waals surface area contributed by atoms with Crippen LogP contribution in [0.25, 0.3) is 31.4 Å². The van der Waals surface area contributed by atoms with E-state index in [1.165, 1.54) is 0 Å². The first-order valence-electron chi connectivity index (χ1n) is 9.43. The van der Waals surface area contributed by atoms with Crippen LogP contribution < -0.4 is 10.6 Å². The summed E-state index contributed by atoms with van der Waals surface area (Å²) in [6.07, 6.45) is 0. The molecule has 32 heavy (non-hydrogen) atoms. The van der Waals surface area contributed by atoms with E-state index in [2.05, 4.69) is 41.7 Å². The number of hydrogen-bond acceptors (Lipinski definition) is 6. The second-order valence-corrected chi connectivity index (χ2v) is 9.65. The van der Waals surface area contributed by atoms with Crippen molar-refractivity contribution in [2.45, 2.75) is 0 Å². The highest BCUT2D eigenvalue weighted by Crippen LogP contribution is 2.32. The molecule has 2 amide bonds. The number of carbonyl (C=O) groups is 2. The van der Waals surface area contributed by atoms with Crippen LogP contribution in [-0.2, 0) is 9.59 Å². The van der Waals surface area contributed by atoms with E-state index in [1.807, 2.05) is 47.8 Å². The van der Waals surface area contributed by atoms with Crippen LogP contribution in [0.2, 0.25) is 0 Å². The van der Waals surface area contributed by atoms with Gasteiger partial charge >= 0.3 is 11.8 Å². The number of halogens is 1. The van der Waals surface area contributed by atoms with E-state index >= 15 is 0 Å². The number of aromatic nitrogens is 3. The second kappa shape index (κ2) is 8.65. The lowest BCUT2D eigenvalue weighted by Crippen LogP contribution is -2.29. The summed E-state index contributed by atoms with van der Waals surface area (Å²) in [5, 5.41) is 14.8. The van der Waals surface area contributed by atoms with E-state index in [4.69, 9.17) is 0 Å². The molecule has 0 unspecified atom stereocenters. The number of nitrogens with one attached hydrogen (secondary N) is 3. The molecular formula is C22H14BrN5O2S2. The fourth-order valence-corrected chi connectivity index (χ4v) is 5.02. The van der Waals surface area contributed by atoms with Gasteiger partial charge in [0.05, 0.1) is 20.8 Å². The van der Waals surface area contributed by atoms with E-state index in [1.54, 1.807) is 40.9 Å². The zero-order valence-electron chi connectivity index (χ0n) is 16.3. The molecule has 0 aliphatic carbocycles. The van der Waals surface area contributed by atoms with Crippen molar-refractivity contribution >= 4 is 72.1 Å². The molecule has 0 saturated heterocycles. The highest BCUT2D eigenvalue weighted by atomic mass is 79.9. The Bertz CT molecular complexity index is 1420. The van der Waals surface area contributed by atoms with Crippen molar-refractivity contribution < 1.29 is 9.59 Å². The molecule has 7 nitrogen and oxygen atoms in total. The van der Waals surface area contributed by atoms with Crippen LogP contribution in [0, 0.1) is 0 Å². The van der Waals surface area contributed by atoms with Gasteiger partial charge in [-0.1, -0.05) is 22.0 Å². The number of fused-ring (bicyclic) bond motifs is 1. The molecule has 0 atom stereocenters. The lowest BCUT2D eigenvalue weighted by molar-refractivity contribution is -0.133. The molecule has 0 fully saturated rings. The van der Waals surface area contributed by atoms with Gasteiger partial charge in [-0.3, -0.25) is 14.7 Å². The van der Waals surface area contributed by atoms with Crippen molar-refractivity contribution in [3.63, 3.8) is 0 Å². The number of amides is 2.